The lowest BCUT2D eigenvalue weighted by Gasteiger charge is -2.28. The van der Waals surface area contributed by atoms with Gasteiger partial charge in [0.15, 0.2) is 0 Å². The van der Waals surface area contributed by atoms with E-state index in [0.29, 0.717) is 36.3 Å². The Morgan fingerprint density at radius 1 is 1.38 bits per heavy atom. The lowest BCUT2D eigenvalue weighted by Crippen LogP contribution is -2.36. The minimum atomic E-state index is -0.570. The Labute approximate surface area is 191 Å². The van der Waals surface area contributed by atoms with E-state index in [1.165, 1.54) is 12.1 Å². The number of aliphatic imine (C=N–C) groups is 1. The van der Waals surface area contributed by atoms with Gasteiger partial charge in [0.1, 0.15) is 5.82 Å². The number of nitrogens with one attached hydrogen (secondary N) is 3. The third-order valence-electron chi connectivity index (χ3n) is 5.06. The monoisotopic (exact) mass is 459 g/mol. The largest absolute Gasteiger partial charge is 0.377 e. The van der Waals surface area contributed by atoms with Crippen LogP contribution in [0.1, 0.15) is 31.9 Å². The fourth-order valence-electron chi connectivity index (χ4n) is 3.04. The first-order valence-corrected chi connectivity index (χ1v) is 11.0. The van der Waals surface area contributed by atoms with Crippen molar-refractivity contribution < 1.29 is 14.0 Å². The maximum atomic E-state index is 14.6. The topological polar surface area (TPSA) is 85.8 Å². The molecule has 1 atom stereocenters. The molecule has 2 rings (SSSR count). The van der Waals surface area contributed by atoms with Gasteiger partial charge in [-0.1, -0.05) is 6.08 Å². The van der Waals surface area contributed by atoms with E-state index in [0.717, 1.165) is 16.7 Å². The van der Waals surface area contributed by atoms with Crippen LogP contribution in [0.25, 0.3) is 5.57 Å². The van der Waals surface area contributed by atoms with Gasteiger partial charge in [0, 0.05) is 38.5 Å². The molecule has 0 aliphatic carbocycles. The quantitative estimate of drug-likeness (QED) is 0.344. The van der Waals surface area contributed by atoms with Gasteiger partial charge >= 0.3 is 6.03 Å². The summed E-state index contributed by atoms with van der Waals surface area (Å²) >= 11 is 0. The first-order valence-electron chi connectivity index (χ1n) is 10.4. The average molecular weight is 460 g/mol. The lowest BCUT2D eigenvalue weighted by molar-refractivity contribution is -0.124. The number of hydrogen-bond acceptors (Lipinski definition) is 3. The van der Waals surface area contributed by atoms with Crippen LogP contribution in [-0.2, 0) is 4.79 Å². The number of hydrogen-bond donors (Lipinski definition) is 3. The zero-order chi connectivity index (χ0) is 23.8. The first kappa shape index (κ1) is 25.3. The van der Waals surface area contributed by atoms with E-state index in [9.17, 15) is 14.0 Å². The van der Waals surface area contributed by atoms with Gasteiger partial charge in [-0.2, -0.15) is 0 Å². The molecule has 9 heteroatoms. The highest BCUT2D eigenvalue weighted by atomic mass is 31.0. The van der Waals surface area contributed by atoms with Crippen LogP contribution in [0, 0.1) is 12.7 Å². The molecule has 0 aromatic heterocycles. The number of carbonyl (C=O) groups is 2. The Morgan fingerprint density at radius 2 is 2.09 bits per heavy atom. The Bertz CT molecular complexity index is 1010. The van der Waals surface area contributed by atoms with Crippen LogP contribution in [0.2, 0.25) is 0 Å². The molecule has 1 unspecified atom stereocenters. The minimum Gasteiger partial charge on any atom is -0.377 e. The summed E-state index contributed by atoms with van der Waals surface area (Å²) in [5.74, 6) is 0.0268. The van der Waals surface area contributed by atoms with Crippen LogP contribution in [-0.4, -0.2) is 49.4 Å². The number of carbonyl (C=O) groups excluding carboxylic acids is 2. The number of benzene rings is 1. The predicted molar refractivity (Wildman–Crippen MR) is 132 cm³/mol. The Morgan fingerprint density at radius 3 is 2.72 bits per heavy atom. The van der Waals surface area contributed by atoms with Gasteiger partial charge in [-0.3, -0.25) is 4.79 Å². The van der Waals surface area contributed by atoms with E-state index in [1.54, 1.807) is 31.1 Å². The van der Waals surface area contributed by atoms with Crippen molar-refractivity contribution in [3.63, 3.8) is 0 Å². The third-order valence-corrected chi connectivity index (χ3v) is 5.60. The summed E-state index contributed by atoms with van der Waals surface area (Å²) in [6, 6.07) is 2.30. The van der Waals surface area contributed by atoms with Crippen molar-refractivity contribution in [2.45, 2.75) is 27.7 Å². The molecule has 1 aromatic rings. The third kappa shape index (κ3) is 6.50. The van der Waals surface area contributed by atoms with Crippen molar-refractivity contribution in [1.29, 1.82) is 0 Å². The molecule has 3 amide bonds. The number of halogens is 1. The zero-order valence-corrected chi connectivity index (χ0v) is 20.3. The van der Waals surface area contributed by atoms with E-state index in [2.05, 4.69) is 30.2 Å². The van der Waals surface area contributed by atoms with Crippen molar-refractivity contribution in [2.75, 3.05) is 32.0 Å². The Hall–Kier alpha value is -2.99. The summed E-state index contributed by atoms with van der Waals surface area (Å²) < 4.78 is 14.6. The standard InChI is InChI=1S/C23H31FN5O2P/c1-6-17(32)12-27-23(31)28-21-10-18(14(3)8-20(21)24)19-9-16(11-26-15(4)25-5)13-29(7-2)22(19)30/h6,8-11H,7,12-13,32H2,1-5H3,(H,25,26)(H2,27,28,31)/b16-11-,17-6+. The summed E-state index contributed by atoms with van der Waals surface area (Å²) in [7, 11) is 4.30. The second kappa shape index (κ2) is 11.6. The number of amides is 3. The van der Waals surface area contributed by atoms with E-state index >= 15 is 0 Å². The van der Waals surface area contributed by atoms with Crippen LogP contribution in [0.15, 0.2) is 46.4 Å². The molecule has 1 aliphatic rings. The van der Waals surface area contributed by atoms with Crippen LogP contribution in [0.3, 0.4) is 0 Å². The molecule has 32 heavy (non-hydrogen) atoms. The molecular formula is C23H31FN5O2P. The molecule has 1 aromatic carbocycles. The number of rotatable bonds is 6. The molecule has 0 saturated carbocycles. The number of amidine groups is 1. The zero-order valence-electron chi connectivity index (χ0n) is 19.2. The first-order chi connectivity index (χ1) is 15.2. The summed E-state index contributed by atoms with van der Waals surface area (Å²) in [6.45, 7) is 8.63. The maximum Gasteiger partial charge on any atom is 0.319 e. The van der Waals surface area contributed by atoms with E-state index in [-0.39, 0.29) is 11.6 Å². The number of urea groups is 1. The molecular weight excluding hydrogens is 428 g/mol. The second-order valence-corrected chi connectivity index (χ2v) is 8.11. The normalized spacial score (nSPS) is 16.2. The van der Waals surface area contributed by atoms with Crippen molar-refractivity contribution in [1.82, 2.24) is 15.5 Å². The number of allylic oxidation sites excluding steroid dienone is 1. The van der Waals surface area contributed by atoms with Gasteiger partial charge in [0.25, 0.3) is 5.91 Å². The SMILES string of the molecule is C/C=C(/P)CNC(=O)Nc1cc(C2=C/C(=C/N=C(\C)NC)CN(CC)C2=O)c(C)cc1F. The predicted octanol–water partition coefficient (Wildman–Crippen LogP) is 3.80. The van der Waals surface area contributed by atoms with Crippen molar-refractivity contribution in [3.8, 4) is 0 Å². The highest BCUT2D eigenvalue weighted by Gasteiger charge is 2.26. The van der Waals surface area contributed by atoms with Gasteiger partial charge in [-0.05, 0) is 67.9 Å². The van der Waals surface area contributed by atoms with Gasteiger partial charge in [0.05, 0.1) is 11.5 Å². The summed E-state index contributed by atoms with van der Waals surface area (Å²) in [4.78, 5) is 31.3. The summed E-state index contributed by atoms with van der Waals surface area (Å²) in [5, 5.41) is 9.06. The van der Waals surface area contributed by atoms with Gasteiger partial charge in [-0.25, -0.2) is 14.2 Å². The molecule has 1 heterocycles. The van der Waals surface area contributed by atoms with E-state index < -0.39 is 11.8 Å². The number of nitrogens with zero attached hydrogens (tertiary/aromatic N) is 2. The van der Waals surface area contributed by atoms with Crippen molar-refractivity contribution >= 4 is 38.3 Å². The molecule has 0 radical (unpaired) electrons. The highest BCUT2D eigenvalue weighted by Crippen LogP contribution is 2.30. The van der Waals surface area contributed by atoms with Crippen molar-refractivity contribution in [2.24, 2.45) is 4.99 Å². The van der Waals surface area contributed by atoms with Crippen molar-refractivity contribution in [3.05, 3.63) is 58.3 Å². The van der Waals surface area contributed by atoms with Crippen LogP contribution in [0.4, 0.5) is 14.9 Å². The molecule has 172 valence electrons. The molecule has 7 nitrogen and oxygen atoms in total. The highest BCUT2D eigenvalue weighted by molar-refractivity contribution is 7.22. The smallest absolute Gasteiger partial charge is 0.319 e. The van der Waals surface area contributed by atoms with Gasteiger partial charge in [-0.15, -0.1) is 9.24 Å². The molecule has 0 saturated heterocycles. The molecule has 3 N–H and O–H groups in total. The summed E-state index contributed by atoms with van der Waals surface area (Å²) in [5.41, 5.74) is 2.45. The molecule has 0 bridgehead atoms. The number of anilines is 1. The van der Waals surface area contributed by atoms with E-state index in [1.807, 2.05) is 26.8 Å². The number of aryl methyl sites for hydroxylation is 1. The van der Waals surface area contributed by atoms with Crippen LogP contribution < -0.4 is 16.0 Å². The Balaban J connectivity index is 2.43. The second-order valence-electron chi connectivity index (χ2n) is 7.36. The summed E-state index contributed by atoms with van der Waals surface area (Å²) in [6.07, 6.45) is 5.34. The maximum absolute atomic E-state index is 14.6. The van der Waals surface area contributed by atoms with Gasteiger partial charge < -0.3 is 20.9 Å². The van der Waals surface area contributed by atoms with Crippen LogP contribution >= 0.6 is 9.24 Å². The minimum absolute atomic E-state index is 0.00536. The fourth-order valence-corrected chi connectivity index (χ4v) is 3.14. The Kier molecular flexibility index (Phi) is 9.14. The molecule has 0 fully saturated rings. The molecule has 1 aliphatic heterocycles. The number of likely N-dealkylation sites (N-methyl/N-ethyl adjacent to an activating group) is 1. The lowest BCUT2D eigenvalue weighted by atomic mass is 9.94. The van der Waals surface area contributed by atoms with Gasteiger partial charge in [0.2, 0.25) is 0 Å². The van der Waals surface area contributed by atoms with E-state index in [4.69, 9.17) is 0 Å². The average Bonchev–Trinajstić information content (AvgIpc) is 2.78. The van der Waals surface area contributed by atoms with Crippen LogP contribution in [0.5, 0.6) is 0 Å². The fraction of sp³-hybridized carbons (Fsp3) is 0.348. The molecule has 0 spiro atoms.